The van der Waals surface area contributed by atoms with Gasteiger partial charge in [0.25, 0.3) is 10.0 Å². The Bertz CT molecular complexity index is 370. The molecule has 0 aliphatic carbocycles. The molecule has 4 nitrogen and oxygen atoms in total. The zero-order valence-electron chi connectivity index (χ0n) is 7.57. The van der Waals surface area contributed by atoms with Crippen LogP contribution < -0.4 is 4.72 Å². The number of nitrogens with zero attached hydrogens (tertiary/aromatic N) is 1. The molecule has 1 heterocycles. The summed E-state index contributed by atoms with van der Waals surface area (Å²) < 4.78 is 25.7. The van der Waals surface area contributed by atoms with Crippen LogP contribution in [0.5, 0.6) is 0 Å². The van der Waals surface area contributed by atoms with Crippen LogP contribution in [0.3, 0.4) is 0 Å². The van der Waals surface area contributed by atoms with Crippen LogP contribution in [0.4, 0.5) is 0 Å². The molecule has 1 aromatic heterocycles. The van der Waals surface area contributed by atoms with Crippen molar-refractivity contribution in [3.05, 3.63) is 11.2 Å². The van der Waals surface area contributed by atoms with Gasteiger partial charge in [-0.15, -0.1) is 11.3 Å². The van der Waals surface area contributed by atoms with Crippen LogP contribution in [0.15, 0.2) is 10.4 Å². The van der Waals surface area contributed by atoms with Gasteiger partial charge < -0.3 is 0 Å². The smallest absolute Gasteiger partial charge is 0.249 e. The first-order chi connectivity index (χ1) is 6.06. The van der Waals surface area contributed by atoms with Crippen molar-refractivity contribution >= 4 is 21.4 Å². The van der Waals surface area contributed by atoms with Crippen molar-refractivity contribution in [1.82, 2.24) is 9.71 Å². The van der Waals surface area contributed by atoms with Crippen LogP contribution in [0.2, 0.25) is 0 Å². The minimum Gasteiger partial charge on any atom is -0.249 e. The highest BCUT2D eigenvalue weighted by molar-refractivity contribution is 7.91. The van der Waals surface area contributed by atoms with Crippen LogP contribution in [-0.4, -0.2) is 19.9 Å². The highest BCUT2D eigenvalue weighted by Crippen LogP contribution is 2.16. The minimum atomic E-state index is -3.30. The topological polar surface area (TPSA) is 59.1 Å². The van der Waals surface area contributed by atoms with E-state index in [9.17, 15) is 8.42 Å². The Balaban J connectivity index is 2.82. The summed E-state index contributed by atoms with van der Waals surface area (Å²) in [6.07, 6.45) is 2.18. The third kappa shape index (κ3) is 2.75. The number of hydrogen-bond acceptors (Lipinski definition) is 4. The summed E-state index contributed by atoms with van der Waals surface area (Å²) in [6, 6.07) is 0. The highest BCUT2D eigenvalue weighted by Gasteiger charge is 2.15. The lowest BCUT2D eigenvalue weighted by Gasteiger charge is -2.00. The largest absolute Gasteiger partial charge is 0.251 e. The summed E-state index contributed by atoms with van der Waals surface area (Å²) in [5.41, 5.74) is 0. The van der Waals surface area contributed by atoms with E-state index in [4.69, 9.17) is 0 Å². The summed E-state index contributed by atoms with van der Waals surface area (Å²) in [6.45, 7) is 4.17. The number of sulfonamides is 1. The van der Waals surface area contributed by atoms with Gasteiger partial charge in [-0.25, -0.2) is 18.1 Å². The Labute approximate surface area is 82.1 Å². The molecule has 0 fully saturated rings. The van der Waals surface area contributed by atoms with Crippen LogP contribution >= 0.6 is 11.3 Å². The van der Waals surface area contributed by atoms with E-state index in [0.29, 0.717) is 10.8 Å². The highest BCUT2D eigenvalue weighted by atomic mass is 32.2. The summed E-state index contributed by atoms with van der Waals surface area (Å²) >= 11 is 1.18. The first kappa shape index (κ1) is 10.6. The van der Waals surface area contributed by atoms with E-state index in [1.165, 1.54) is 17.5 Å². The molecule has 0 bridgehead atoms. The second-order valence-electron chi connectivity index (χ2n) is 2.60. The molecule has 1 aromatic rings. The summed E-state index contributed by atoms with van der Waals surface area (Å²) in [7, 11) is -3.30. The van der Waals surface area contributed by atoms with Gasteiger partial charge in [-0.2, -0.15) is 0 Å². The summed E-state index contributed by atoms with van der Waals surface area (Å²) in [5.74, 6) is 0. The maximum atomic E-state index is 11.5. The van der Waals surface area contributed by atoms with Crippen molar-refractivity contribution in [2.24, 2.45) is 0 Å². The molecular weight excluding hydrogens is 208 g/mol. The molecule has 6 heteroatoms. The molecule has 0 atom stereocenters. The quantitative estimate of drug-likeness (QED) is 0.827. The molecule has 0 aromatic carbocycles. The molecule has 1 N–H and O–H groups in total. The molecule has 0 saturated carbocycles. The molecule has 0 unspecified atom stereocenters. The van der Waals surface area contributed by atoms with E-state index < -0.39 is 10.0 Å². The molecule has 0 radical (unpaired) electrons. The molecule has 0 aliphatic heterocycles. The zero-order valence-corrected chi connectivity index (χ0v) is 9.20. The number of aromatic nitrogens is 1. The van der Waals surface area contributed by atoms with E-state index in [-0.39, 0.29) is 0 Å². The van der Waals surface area contributed by atoms with E-state index in [0.717, 1.165) is 11.4 Å². The van der Waals surface area contributed by atoms with Gasteiger partial charge in [-0.05, 0) is 13.3 Å². The van der Waals surface area contributed by atoms with E-state index in [1.807, 2.05) is 6.92 Å². The van der Waals surface area contributed by atoms with Crippen molar-refractivity contribution < 1.29 is 8.42 Å². The molecule has 0 aliphatic rings. The van der Waals surface area contributed by atoms with Crippen LogP contribution in [0.25, 0.3) is 0 Å². The Hall–Kier alpha value is -0.460. The lowest BCUT2D eigenvalue weighted by molar-refractivity contribution is 0.582. The average Bonchev–Trinajstić information content (AvgIpc) is 2.49. The van der Waals surface area contributed by atoms with Crippen LogP contribution in [0, 0.1) is 6.92 Å². The van der Waals surface area contributed by atoms with Gasteiger partial charge >= 0.3 is 0 Å². The van der Waals surface area contributed by atoms with E-state index in [1.54, 1.807) is 6.92 Å². The average molecular weight is 220 g/mol. The molecule has 74 valence electrons. The number of nitrogens with one attached hydrogen (secondary N) is 1. The Morgan fingerprint density at radius 1 is 1.62 bits per heavy atom. The number of hydrogen-bond donors (Lipinski definition) is 1. The second kappa shape index (κ2) is 4.17. The van der Waals surface area contributed by atoms with Crippen molar-refractivity contribution in [1.29, 1.82) is 0 Å². The maximum absolute atomic E-state index is 11.5. The van der Waals surface area contributed by atoms with Crippen LogP contribution in [-0.2, 0) is 10.0 Å². The van der Waals surface area contributed by atoms with Gasteiger partial charge in [0.2, 0.25) is 0 Å². The Kier molecular flexibility index (Phi) is 3.40. The normalized spacial score (nSPS) is 11.8. The third-order valence-corrected chi connectivity index (χ3v) is 4.24. The van der Waals surface area contributed by atoms with Gasteiger partial charge in [-0.3, -0.25) is 0 Å². The predicted molar refractivity (Wildman–Crippen MR) is 52.3 cm³/mol. The fraction of sp³-hybridized carbons (Fsp3) is 0.571. The van der Waals surface area contributed by atoms with Gasteiger partial charge in [0.05, 0.1) is 11.2 Å². The van der Waals surface area contributed by atoms with Gasteiger partial charge in [0.15, 0.2) is 4.21 Å². The summed E-state index contributed by atoms with van der Waals surface area (Å²) in [5, 5.41) is 0.761. The number of rotatable bonds is 4. The minimum absolute atomic E-state index is 0.290. The molecule has 13 heavy (non-hydrogen) atoms. The van der Waals surface area contributed by atoms with Crippen molar-refractivity contribution in [2.45, 2.75) is 24.5 Å². The molecule has 0 saturated heterocycles. The molecule has 0 amide bonds. The van der Waals surface area contributed by atoms with Crippen molar-refractivity contribution in [3.63, 3.8) is 0 Å². The van der Waals surface area contributed by atoms with Gasteiger partial charge in [0.1, 0.15) is 0 Å². The lowest BCUT2D eigenvalue weighted by atomic mass is 10.5. The van der Waals surface area contributed by atoms with E-state index in [2.05, 4.69) is 9.71 Å². The first-order valence-corrected chi connectivity index (χ1v) is 6.28. The Morgan fingerprint density at radius 3 is 2.77 bits per heavy atom. The van der Waals surface area contributed by atoms with Crippen molar-refractivity contribution in [3.8, 4) is 0 Å². The predicted octanol–water partition coefficient (Wildman–Crippen LogP) is 1.14. The zero-order chi connectivity index (χ0) is 9.90. The fourth-order valence-electron chi connectivity index (χ4n) is 0.774. The number of aryl methyl sites for hydroxylation is 1. The fourth-order valence-corrected chi connectivity index (χ4v) is 3.06. The monoisotopic (exact) mass is 220 g/mol. The number of thiazole rings is 1. The molecule has 0 spiro atoms. The standard InChI is InChI=1S/C7H12N2O2S2/c1-3-4-9-13(10,11)7-5-8-6(2)12-7/h5,9H,3-4H2,1-2H3. The summed E-state index contributed by atoms with van der Waals surface area (Å²) in [4.78, 5) is 3.89. The molecular formula is C7H12N2O2S2. The van der Waals surface area contributed by atoms with Crippen LogP contribution in [0.1, 0.15) is 18.4 Å². The van der Waals surface area contributed by atoms with Gasteiger partial charge in [0, 0.05) is 6.54 Å². The maximum Gasteiger partial charge on any atom is 0.251 e. The van der Waals surface area contributed by atoms with Gasteiger partial charge in [-0.1, -0.05) is 6.92 Å². The Morgan fingerprint density at radius 2 is 2.31 bits per heavy atom. The first-order valence-electron chi connectivity index (χ1n) is 3.98. The van der Waals surface area contributed by atoms with Crippen molar-refractivity contribution in [2.75, 3.05) is 6.54 Å². The second-order valence-corrected chi connectivity index (χ2v) is 5.82. The lowest BCUT2D eigenvalue weighted by Crippen LogP contribution is -2.23. The third-order valence-electron chi connectivity index (χ3n) is 1.41. The van der Waals surface area contributed by atoms with E-state index >= 15 is 0 Å². The molecule has 1 rings (SSSR count). The SMILES string of the molecule is CCCNS(=O)(=O)c1cnc(C)s1.